The van der Waals surface area contributed by atoms with Crippen molar-refractivity contribution < 1.29 is 0 Å². The van der Waals surface area contributed by atoms with E-state index in [9.17, 15) is 0 Å². The van der Waals surface area contributed by atoms with Crippen LogP contribution in [-0.4, -0.2) is 52.6 Å². The first kappa shape index (κ1) is 20.4. The molecule has 1 aliphatic heterocycles. The third-order valence-corrected chi connectivity index (χ3v) is 5.60. The molecule has 5 nitrogen and oxygen atoms in total. The first-order chi connectivity index (χ1) is 13.2. The average molecular weight is 398 g/mol. The van der Waals surface area contributed by atoms with Crippen molar-refractivity contribution in [3.8, 4) is 11.3 Å². The number of hydrogen-bond donors (Lipinski definition) is 0. The summed E-state index contributed by atoms with van der Waals surface area (Å²) < 4.78 is 2.02. The van der Waals surface area contributed by atoms with Crippen molar-refractivity contribution in [2.75, 3.05) is 37.6 Å². The van der Waals surface area contributed by atoms with Crippen LogP contribution in [0.1, 0.15) is 11.1 Å². The van der Waals surface area contributed by atoms with E-state index in [4.69, 9.17) is 0 Å². The summed E-state index contributed by atoms with van der Waals surface area (Å²) in [6.07, 6.45) is 1.85. The Kier molecular flexibility index (Phi) is 6.70. The highest BCUT2D eigenvalue weighted by molar-refractivity contribution is 5.85. The largest absolute Gasteiger partial charge is 0.369 e. The number of benzene rings is 2. The molecule has 1 aromatic heterocycles. The van der Waals surface area contributed by atoms with E-state index in [1.54, 1.807) is 0 Å². The summed E-state index contributed by atoms with van der Waals surface area (Å²) in [4.78, 5) is 5.04. The van der Waals surface area contributed by atoms with Crippen molar-refractivity contribution in [1.29, 1.82) is 0 Å². The molecule has 0 atom stereocenters. The maximum Gasteiger partial charge on any atom is 0.0886 e. The summed E-state index contributed by atoms with van der Waals surface area (Å²) in [6.45, 7) is 10.6. The van der Waals surface area contributed by atoms with Crippen LogP contribution in [0, 0.1) is 13.8 Å². The fourth-order valence-electron chi connectivity index (χ4n) is 3.78. The van der Waals surface area contributed by atoms with Gasteiger partial charge in [0, 0.05) is 44.0 Å². The molecule has 148 valence electrons. The number of halogens is 1. The van der Waals surface area contributed by atoms with Gasteiger partial charge in [0.05, 0.1) is 18.4 Å². The lowest BCUT2D eigenvalue weighted by Crippen LogP contribution is -2.47. The lowest BCUT2D eigenvalue weighted by atomic mass is 10.1. The Morgan fingerprint density at radius 3 is 2.36 bits per heavy atom. The van der Waals surface area contributed by atoms with E-state index >= 15 is 0 Å². The Morgan fingerprint density at radius 2 is 1.61 bits per heavy atom. The Hall–Kier alpha value is -2.37. The van der Waals surface area contributed by atoms with Crippen LogP contribution in [-0.2, 0) is 6.54 Å². The van der Waals surface area contributed by atoms with Gasteiger partial charge in [-0.25, -0.2) is 4.68 Å². The number of hydrogen-bond acceptors (Lipinski definition) is 4. The number of aromatic nitrogens is 3. The average Bonchev–Trinajstić information content (AvgIpc) is 3.18. The van der Waals surface area contributed by atoms with Crippen molar-refractivity contribution in [2.24, 2.45) is 0 Å². The molecule has 2 aromatic carbocycles. The summed E-state index contributed by atoms with van der Waals surface area (Å²) in [6, 6.07) is 17.0. The molecular weight excluding hydrogens is 370 g/mol. The number of aryl methyl sites for hydroxylation is 1. The molecule has 2 heterocycles. The standard InChI is InChI=1S/C22H27N5.ClH/c1-18-7-6-10-21(19(18)2)26-14-11-25(12-15-26)13-16-27-22(17-23-24-27)20-8-4-3-5-9-20;/h3-10,17H,11-16H2,1-2H3;1H. The Morgan fingerprint density at radius 1 is 0.857 bits per heavy atom. The molecule has 3 aromatic rings. The van der Waals surface area contributed by atoms with Crippen LogP contribution in [0.5, 0.6) is 0 Å². The molecule has 28 heavy (non-hydrogen) atoms. The normalized spacial score (nSPS) is 14.7. The lowest BCUT2D eigenvalue weighted by Gasteiger charge is -2.37. The lowest BCUT2D eigenvalue weighted by molar-refractivity contribution is 0.244. The van der Waals surface area contributed by atoms with E-state index in [1.807, 2.05) is 16.9 Å². The van der Waals surface area contributed by atoms with Crippen LogP contribution in [0.2, 0.25) is 0 Å². The molecule has 1 fully saturated rings. The van der Waals surface area contributed by atoms with Crippen molar-refractivity contribution in [3.63, 3.8) is 0 Å². The van der Waals surface area contributed by atoms with Gasteiger partial charge in [-0.15, -0.1) is 17.5 Å². The molecule has 1 saturated heterocycles. The van der Waals surface area contributed by atoms with Crippen LogP contribution in [0.15, 0.2) is 54.7 Å². The van der Waals surface area contributed by atoms with Crippen LogP contribution >= 0.6 is 12.4 Å². The van der Waals surface area contributed by atoms with Gasteiger partial charge in [-0.05, 0) is 31.0 Å². The van der Waals surface area contributed by atoms with Gasteiger partial charge < -0.3 is 4.90 Å². The summed E-state index contributed by atoms with van der Waals surface area (Å²) in [5.41, 5.74) is 6.42. The third kappa shape index (κ3) is 4.37. The molecule has 6 heteroatoms. The quantitative estimate of drug-likeness (QED) is 0.656. The topological polar surface area (TPSA) is 37.2 Å². The van der Waals surface area contributed by atoms with Gasteiger partial charge in [-0.2, -0.15) is 0 Å². The zero-order valence-corrected chi connectivity index (χ0v) is 17.4. The first-order valence-corrected chi connectivity index (χ1v) is 9.70. The number of nitrogens with zero attached hydrogens (tertiary/aromatic N) is 5. The van der Waals surface area contributed by atoms with Crippen LogP contribution in [0.3, 0.4) is 0 Å². The van der Waals surface area contributed by atoms with Crippen LogP contribution in [0.4, 0.5) is 5.69 Å². The maximum absolute atomic E-state index is 4.29. The monoisotopic (exact) mass is 397 g/mol. The molecule has 0 unspecified atom stereocenters. The number of rotatable bonds is 5. The van der Waals surface area contributed by atoms with E-state index in [1.165, 1.54) is 22.4 Å². The highest BCUT2D eigenvalue weighted by atomic mass is 35.5. The fraction of sp³-hybridized carbons (Fsp3) is 0.364. The van der Waals surface area contributed by atoms with Crippen molar-refractivity contribution in [2.45, 2.75) is 20.4 Å². The zero-order chi connectivity index (χ0) is 18.6. The van der Waals surface area contributed by atoms with E-state index in [2.05, 4.69) is 76.4 Å². The van der Waals surface area contributed by atoms with Gasteiger partial charge in [0.25, 0.3) is 0 Å². The van der Waals surface area contributed by atoms with Gasteiger partial charge in [-0.3, -0.25) is 4.90 Å². The predicted molar refractivity (Wildman–Crippen MR) is 117 cm³/mol. The van der Waals surface area contributed by atoms with Gasteiger partial charge in [0.15, 0.2) is 0 Å². The Labute approximate surface area is 173 Å². The van der Waals surface area contributed by atoms with Crippen molar-refractivity contribution in [3.05, 3.63) is 65.9 Å². The minimum absolute atomic E-state index is 0. The molecule has 0 N–H and O–H groups in total. The van der Waals surface area contributed by atoms with E-state index < -0.39 is 0 Å². The molecule has 0 aliphatic carbocycles. The third-order valence-electron chi connectivity index (χ3n) is 5.60. The Balaban J connectivity index is 0.00000225. The second-order valence-corrected chi connectivity index (χ2v) is 7.26. The molecule has 4 rings (SSSR count). The van der Waals surface area contributed by atoms with Gasteiger partial charge in [0.1, 0.15) is 0 Å². The van der Waals surface area contributed by atoms with Gasteiger partial charge in [0.2, 0.25) is 0 Å². The summed E-state index contributed by atoms with van der Waals surface area (Å²) in [5, 5.41) is 8.41. The zero-order valence-electron chi connectivity index (χ0n) is 16.6. The minimum atomic E-state index is 0. The maximum atomic E-state index is 4.29. The second-order valence-electron chi connectivity index (χ2n) is 7.26. The SMILES string of the molecule is Cc1cccc(N2CCN(CCn3nncc3-c3ccccc3)CC2)c1C.Cl. The highest BCUT2D eigenvalue weighted by Crippen LogP contribution is 2.24. The molecule has 0 saturated carbocycles. The molecule has 1 aliphatic rings. The Bertz CT molecular complexity index is 885. The van der Waals surface area contributed by atoms with E-state index in [0.717, 1.165) is 45.0 Å². The molecule has 0 amide bonds. The predicted octanol–water partition coefficient (Wildman–Crippen LogP) is 3.81. The molecule has 0 radical (unpaired) electrons. The van der Waals surface area contributed by atoms with Crippen molar-refractivity contribution >= 4 is 18.1 Å². The van der Waals surface area contributed by atoms with Crippen LogP contribution in [0.25, 0.3) is 11.3 Å². The fourth-order valence-corrected chi connectivity index (χ4v) is 3.78. The van der Waals surface area contributed by atoms with E-state index in [0.29, 0.717) is 0 Å². The number of piperazine rings is 1. The summed E-state index contributed by atoms with van der Waals surface area (Å²) >= 11 is 0. The molecular formula is C22H28ClN5. The van der Waals surface area contributed by atoms with Crippen molar-refractivity contribution in [1.82, 2.24) is 19.9 Å². The molecule has 0 bridgehead atoms. The van der Waals surface area contributed by atoms with Gasteiger partial charge >= 0.3 is 0 Å². The summed E-state index contributed by atoms with van der Waals surface area (Å²) in [5.74, 6) is 0. The minimum Gasteiger partial charge on any atom is -0.369 e. The number of anilines is 1. The smallest absolute Gasteiger partial charge is 0.0886 e. The second kappa shape index (κ2) is 9.22. The van der Waals surface area contributed by atoms with Gasteiger partial charge in [-0.1, -0.05) is 47.7 Å². The molecule has 0 spiro atoms. The van der Waals surface area contributed by atoms with E-state index in [-0.39, 0.29) is 12.4 Å². The summed E-state index contributed by atoms with van der Waals surface area (Å²) in [7, 11) is 0. The van der Waals surface area contributed by atoms with Crippen LogP contribution < -0.4 is 4.90 Å². The first-order valence-electron chi connectivity index (χ1n) is 9.70. The highest BCUT2D eigenvalue weighted by Gasteiger charge is 2.19.